The monoisotopic (exact) mass is 325 g/mol. The highest BCUT2D eigenvalue weighted by Crippen LogP contribution is 2.25. The first-order chi connectivity index (χ1) is 10.7. The first-order valence-corrected chi connectivity index (χ1v) is 7.41. The third kappa shape index (κ3) is 5.78. The lowest BCUT2D eigenvalue weighted by Crippen LogP contribution is -2.39. The van der Waals surface area contributed by atoms with Crippen LogP contribution in [0.1, 0.15) is 32.8 Å². The molecule has 1 aromatic carbocycles. The number of phenols is 2. The first-order valence-electron chi connectivity index (χ1n) is 7.41. The molecule has 7 nitrogen and oxygen atoms in total. The van der Waals surface area contributed by atoms with E-state index in [1.807, 2.05) is 0 Å². The first kappa shape index (κ1) is 18.8. The van der Waals surface area contributed by atoms with Crippen molar-refractivity contribution in [1.82, 2.24) is 0 Å². The average molecular weight is 325 g/mol. The van der Waals surface area contributed by atoms with E-state index in [-0.39, 0.29) is 30.3 Å². The van der Waals surface area contributed by atoms with Gasteiger partial charge >= 0.3 is 11.9 Å². The van der Waals surface area contributed by atoms with Gasteiger partial charge in [-0.3, -0.25) is 9.59 Å². The minimum Gasteiger partial charge on any atom is -0.504 e. The third-order valence-corrected chi connectivity index (χ3v) is 3.37. The van der Waals surface area contributed by atoms with E-state index in [4.69, 9.17) is 15.2 Å². The molecule has 4 N–H and O–H groups in total. The fraction of sp³-hybridized carbons (Fsp3) is 0.500. The van der Waals surface area contributed by atoms with Gasteiger partial charge in [0.2, 0.25) is 0 Å². The van der Waals surface area contributed by atoms with Crippen molar-refractivity contribution >= 4 is 11.9 Å². The number of nitrogens with two attached hydrogens (primary N) is 1. The molecule has 0 saturated carbocycles. The summed E-state index contributed by atoms with van der Waals surface area (Å²) in [5.41, 5.74) is 6.37. The Morgan fingerprint density at radius 1 is 1.13 bits per heavy atom. The molecule has 0 fully saturated rings. The maximum absolute atomic E-state index is 12.0. The number of benzene rings is 1. The van der Waals surface area contributed by atoms with E-state index in [1.54, 1.807) is 26.8 Å². The van der Waals surface area contributed by atoms with Gasteiger partial charge in [0.05, 0.1) is 0 Å². The lowest BCUT2D eigenvalue weighted by Gasteiger charge is -2.22. The molecule has 0 amide bonds. The molecule has 0 bridgehead atoms. The van der Waals surface area contributed by atoms with Crippen molar-refractivity contribution in [3.8, 4) is 11.5 Å². The van der Waals surface area contributed by atoms with Gasteiger partial charge in [-0.1, -0.05) is 13.0 Å². The number of aromatic hydroxyl groups is 2. The van der Waals surface area contributed by atoms with Crippen LogP contribution < -0.4 is 5.73 Å². The van der Waals surface area contributed by atoms with Crippen molar-refractivity contribution in [1.29, 1.82) is 0 Å². The summed E-state index contributed by atoms with van der Waals surface area (Å²) in [7, 11) is 0. The van der Waals surface area contributed by atoms with Crippen LogP contribution in [0.3, 0.4) is 0 Å². The number of carbonyl (C=O) groups is 2. The van der Waals surface area contributed by atoms with Crippen LogP contribution in [0.15, 0.2) is 18.2 Å². The number of ether oxygens (including phenoxy) is 2. The molecule has 0 aliphatic carbocycles. The van der Waals surface area contributed by atoms with Gasteiger partial charge in [0.25, 0.3) is 0 Å². The molecule has 1 aromatic rings. The lowest BCUT2D eigenvalue weighted by atomic mass is 10.1. The molecule has 0 heterocycles. The highest BCUT2D eigenvalue weighted by Gasteiger charge is 2.24. The van der Waals surface area contributed by atoms with Crippen LogP contribution in [0.4, 0.5) is 0 Å². The van der Waals surface area contributed by atoms with Gasteiger partial charge in [0.15, 0.2) is 11.5 Å². The van der Waals surface area contributed by atoms with Crippen LogP contribution >= 0.6 is 0 Å². The van der Waals surface area contributed by atoms with Crippen molar-refractivity contribution < 1.29 is 29.3 Å². The van der Waals surface area contributed by atoms with Crippen molar-refractivity contribution in [2.75, 3.05) is 0 Å². The lowest BCUT2D eigenvalue weighted by molar-refractivity contribution is -0.166. The summed E-state index contributed by atoms with van der Waals surface area (Å²) in [6.45, 7) is 4.92. The van der Waals surface area contributed by atoms with Gasteiger partial charge in [0, 0.05) is 6.42 Å². The van der Waals surface area contributed by atoms with Gasteiger partial charge in [-0.15, -0.1) is 0 Å². The fourth-order valence-electron chi connectivity index (χ4n) is 1.79. The maximum atomic E-state index is 12.0. The number of hydrogen-bond acceptors (Lipinski definition) is 7. The molecule has 3 atom stereocenters. The van der Waals surface area contributed by atoms with Gasteiger partial charge in [-0.25, -0.2) is 0 Å². The molecule has 0 aromatic heterocycles. The molecule has 1 rings (SSSR count). The normalized spacial score (nSPS) is 14.6. The Morgan fingerprint density at radius 3 is 2.30 bits per heavy atom. The third-order valence-electron chi connectivity index (χ3n) is 3.37. The molecule has 0 spiro atoms. The summed E-state index contributed by atoms with van der Waals surface area (Å²) in [5, 5.41) is 18.7. The van der Waals surface area contributed by atoms with E-state index >= 15 is 0 Å². The van der Waals surface area contributed by atoms with E-state index < -0.39 is 24.2 Å². The Hall–Kier alpha value is -2.28. The van der Waals surface area contributed by atoms with Crippen LogP contribution in [-0.2, 0) is 25.5 Å². The zero-order valence-corrected chi connectivity index (χ0v) is 13.5. The van der Waals surface area contributed by atoms with E-state index in [0.29, 0.717) is 5.56 Å². The number of carbonyl (C=O) groups excluding carboxylic acids is 2. The summed E-state index contributed by atoms with van der Waals surface area (Å²) < 4.78 is 10.3. The molecule has 0 saturated heterocycles. The average Bonchev–Trinajstić information content (AvgIpc) is 2.50. The second kappa shape index (κ2) is 8.38. The Balaban J connectivity index is 2.55. The quantitative estimate of drug-likeness (QED) is 0.509. The van der Waals surface area contributed by atoms with Crippen LogP contribution in [0.2, 0.25) is 0 Å². The molecule has 0 aliphatic heterocycles. The smallest absolute Gasteiger partial charge is 0.323 e. The number of esters is 2. The van der Waals surface area contributed by atoms with Crippen LogP contribution in [0.25, 0.3) is 0 Å². The minimum atomic E-state index is -0.935. The van der Waals surface area contributed by atoms with E-state index in [2.05, 4.69) is 0 Å². The van der Waals surface area contributed by atoms with Crippen molar-refractivity contribution in [3.63, 3.8) is 0 Å². The van der Waals surface area contributed by atoms with Gasteiger partial charge in [-0.2, -0.15) is 0 Å². The molecule has 0 unspecified atom stereocenters. The summed E-state index contributed by atoms with van der Waals surface area (Å²) in [6, 6.07) is 3.27. The molecule has 0 radical (unpaired) electrons. The molecular formula is C16H23NO6. The highest BCUT2D eigenvalue weighted by atomic mass is 16.6. The van der Waals surface area contributed by atoms with Crippen LogP contribution in [0.5, 0.6) is 11.5 Å². The molecule has 128 valence electrons. The second-order valence-corrected chi connectivity index (χ2v) is 5.32. The second-order valence-electron chi connectivity index (χ2n) is 5.32. The van der Waals surface area contributed by atoms with E-state index in [9.17, 15) is 19.8 Å². The summed E-state index contributed by atoms with van der Waals surface area (Å²) in [6.07, 6.45) is -0.814. The zero-order valence-electron chi connectivity index (χ0n) is 13.5. The number of phenolic OH excluding ortho intramolecular Hbond substituents is 2. The van der Waals surface area contributed by atoms with Gasteiger partial charge in [-0.05, 0) is 38.0 Å². The molecule has 0 aliphatic rings. The topological polar surface area (TPSA) is 119 Å². The van der Waals surface area contributed by atoms with Crippen LogP contribution in [-0.4, -0.2) is 40.4 Å². The Labute approximate surface area is 135 Å². The summed E-state index contributed by atoms with van der Waals surface area (Å²) >= 11 is 0. The predicted octanol–water partition coefficient (Wildman–Crippen LogP) is 1.24. The predicted molar refractivity (Wildman–Crippen MR) is 82.9 cm³/mol. The van der Waals surface area contributed by atoms with Crippen molar-refractivity contribution in [3.05, 3.63) is 23.8 Å². The maximum Gasteiger partial charge on any atom is 0.323 e. The van der Waals surface area contributed by atoms with Gasteiger partial charge in [0.1, 0.15) is 18.2 Å². The number of hydrogen-bond donors (Lipinski definition) is 3. The Kier molecular flexibility index (Phi) is 6.84. The van der Waals surface area contributed by atoms with Crippen LogP contribution in [0, 0.1) is 0 Å². The molecule has 23 heavy (non-hydrogen) atoms. The fourth-order valence-corrected chi connectivity index (χ4v) is 1.79. The highest BCUT2D eigenvalue weighted by molar-refractivity contribution is 5.76. The Bertz CT molecular complexity index is 560. The summed E-state index contributed by atoms with van der Waals surface area (Å²) in [4.78, 5) is 23.2. The van der Waals surface area contributed by atoms with Crippen molar-refractivity contribution in [2.24, 2.45) is 5.73 Å². The number of rotatable bonds is 7. The molecular weight excluding hydrogens is 302 g/mol. The Morgan fingerprint density at radius 2 is 1.74 bits per heavy atom. The van der Waals surface area contributed by atoms with E-state index in [1.165, 1.54) is 12.1 Å². The molecule has 7 heteroatoms. The summed E-state index contributed by atoms with van der Waals surface area (Å²) in [5.74, 6) is -1.53. The van der Waals surface area contributed by atoms with E-state index in [0.717, 1.165) is 0 Å². The van der Waals surface area contributed by atoms with Crippen molar-refractivity contribution in [2.45, 2.75) is 51.9 Å². The largest absolute Gasteiger partial charge is 0.504 e. The minimum absolute atomic E-state index is 0.141. The zero-order chi connectivity index (χ0) is 17.6. The standard InChI is InChI=1S/C16H23NO6/c1-4-15(20)22-9(2)10(3)23-16(21)12(17)7-11-5-6-13(18)14(19)8-11/h5-6,8-10,12,18-19H,4,7,17H2,1-3H3/t9-,10-,12-/m0/s1. The SMILES string of the molecule is CCC(=O)O[C@@H](C)[C@H](C)OC(=O)[C@@H](N)Cc1ccc(O)c(O)c1. The van der Waals surface area contributed by atoms with Gasteiger partial charge < -0.3 is 25.4 Å².